The topological polar surface area (TPSA) is 55.0 Å². The van der Waals surface area contributed by atoms with Gasteiger partial charge in [-0.1, -0.05) is 11.6 Å². The van der Waals surface area contributed by atoms with Gasteiger partial charge in [0.05, 0.1) is 0 Å². The highest BCUT2D eigenvalue weighted by Gasteiger charge is 2.20. The molecule has 1 saturated heterocycles. The predicted octanol–water partition coefficient (Wildman–Crippen LogP) is 0.667. The number of nitrogens with zero attached hydrogens (tertiary/aromatic N) is 3. The third-order valence-electron chi connectivity index (χ3n) is 2.17. The average Bonchev–Trinajstić information content (AvgIpc) is 2.53. The zero-order chi connectivity index (χ0) is 9.26. The molecular formula is C8H11ClN4. The van der Waals surface area contributed by atoms with E-state index in [0.29, 0.717) is 5.15 Å². The monoisotopic (exact) mass is 198 g/mol. The lowest BCUT2D eigenvalue weighted by Crippen LogP contribution is -2.26. The molecule has 4 nitrogen and oxygen atoms in total. The van der Waals surface area contributed by atoms with Gasteiger partial charge >= 0.3 is 0 Å². The Morgan fingerprint density at radius 3 is 2.85 bits per heavy atom. The molecule has 1 atom stereocenters. The van der Waals surface area contributed by atoms with Gasteiger partial charge in [-0.15, -0.1) is 10.2 Å². The van der Waals surface area contributed by atoms with Crippen LogP contribution >= 0.6 is 11.6 Å². The Kier molecular flexibility index (Phi) is 2.33. The van der Waals surface area contributed by atoms with Gasteiger partial charge in [-0.2, -0.15) is 0 Å². The number of anilines is 1. The minimum atomic E-state index is 0.262. The van der Waals surface area contributed by atoms with E-state index in [1.165, 1.54) is 0 Å². The van der Waals surface area contributed by atoms with Gasteiger partial charge < -0.3 is 10.6 Å². The van der Waals surface area contributed by atoms with Crippen molar-refractivity contribution in [1.82, 2.24) is 10.2 Å². The minimum absolute atomic E-state index is 0.262. The molecule has 0 radical (unpaired) electrons. The van der Waals surface area contributed by atoms with E-state index in [1.54, 1.807) is 6.07 Å². The normalized spacial score (nSPS) is 22.3. The van der Waals surface area contributed by atoms with Crippen LogP contribution in [0.15, 0.2) is 12.1 Å². The molecule has 1 fully saturated rings. The molecule has 1 aromatic heterocycles. The van der Waals surface area contributed by atoms with Gasteiger partial charge in [-0.25, -0.2) is 0 Å². The quantitative estimate of drug-likeness (QED) is 0.721. The zero-order valence-corrected chi connectivity index (χ0v) is 7.91. The molecule has 70 valence electrons. The molecule has 0 aromatic carbocycles. The Bertz CT molecular complexity index is 287. The molecule has 13 heavy (non-hydrogen) atoms. The highest BCUT2D eigenvalue weighted by molar-refractivity contribution is 6.29. The first-order chi connectivity index (χ1) is 6.25. The highest BCUT2D eigenvalue weighted by Crippen LogP contribution is 2.16. The van der Waals surface area contributed by atoms with Crippen LogP contribution in [-0.2, 0) is 0 Å². The summed E-state index contributed by atoms with van der Waals surface area (Å²) in [4.78, 5) is 2.12. The second-order valence-electron chi connectivity index (χ2n) is 3.21. The van der Waals surface area contributed by atoms with Crippen molar-refractivity contribution in [3.63, 3.8) is 0 Å². The largest absolute Gasteiger partial charge is 0.354 e. The molecule has 1 aliphatic heterocycles. The van der Waals surface area contributed by atoms with E-state index in [2.05, 4.69) is 15.1 Å². The molecule has 0 bridgehead atoms. The number of nitrogens with two attached hydrogens (primary N) is 1. The molecule has 5 heteroatoms. The van der Waals surface area contributed by atoms with Gasteiger partial charge in [0.15, 0.2) is 11.0 Å². The molecule has 0 saturated carbocycles. The van der Waals surface area contributed by atoms with Crippen LogP contribution in [0.5, 0.6) is 0 Å². The van der Waals surface area contributed by atoms with Crippen LogP contribution in [0.25, 0.3) is 0 Å². The van der Waals surface area contributed by atoms with Crippen molar-refractivity contribution in [1.29, 1.82) is 0 Å². The van der Waals surface area contributed by atoms with Crippen molar-refractivity contribution in [3.05, 3.63) is 17.3 Å². The van der Waals surface area contributed by atoms with Crippen LogP contribution in [0.1, 0.15) is 6.42 Å². The van der Waals surface area contributed by atoms with E-state index in [4.69, 9.17) is 17.3 Å². The van der Waals surface area contributed by atoms with Crippen molar-refractivity contribution in [2.24, 2.45) is 5.73 Å². The standard InChI is InChI=1S/C8H11ClN4/c9-7-1-2-8(12-11-7)13-4-3-6(10)5-13/h1-2,6H,3-5,10H2. The SMILES string of the molecule is NC1CCN(c2ccc(Cl)nn2)C1. The van der Waals surface area contributed by atoms with E-state index in [0.717, 1.165) is 25.3 Å². The van der Waals surface area contributed by atoms with E-state index in [1.807, 2.05) is 6.07 Å². The summed E-state index contributed by atoms with van der Waals surface area (Å²) in [6, 6.07) is 3.87. The predicted molar refractivity (Wildman–Crippen MR) is 51.8 cm³/mol. The molecule has 0 amide bonds. The highest BCUT2D eigenvalue weighted by atomic mass is 35.5. The summed E-state index contributed by atoms with van der Waals surface area (Å²) in [6.45, 7) is 1.81. The smallest absolute Gasteiger partial charge is 0.151 e. The third-order valence-corrected chi connectivity index (χ3v) is 2.37. The number of halogens is 1. The summed E-state index contributed by atoms with van der Waals surface area (Å²) in [5.74, 6) is 0.859. The Balaban J connectivity index is 2.13. The second-order valence-corrected chi connectivity index (χ2v) is 3.60. The second kappa shape index (κ2) is 3.47. The van der Waals surface area contributed by atoms with Crippen molar-refractivity contribution >= 4 is 17.4 Å². The summed E-state index contributed by atoms with van der Waals surface area (Å²) in [5, 5.41) is 8.19. The van der Waals surface area contributed by atoms with Crippen molar-refractivity contribution in [3.8, 4) is 0 Å². The number of aromatic nitrogens is 2. The minimum Gasteiger partial charge on any atom is -0.354 e. The van der Waals surface area contributed by atoms with Crippen LogP contribution in [0.2, 0.25) is 5.15 Å². The number of rotatable bonds is 1. The van der Waals surface area contributed by atoms with Gasteiger partial charge in [0.1, 0.15) is 0 Å². The fraction of sp³-hybridized carbons (Fsp3) is 0.500. The number of hydrogen-bond acceptors (Lipinski definition) is 4. The lowest BCUT2D eigenvalue weighted by atomic mass is 10.3. The van der Waals surface area contributed by atoms with Gasteiger partial charge in [0, 0.05) is 19.1 Å². The summed E-state index contributed by atoms with van der Waals surface area (Å²) in [6.07, 6.45) is 1.02. The zero-order valence-electron chi connectivity index (χ0n) is 7.15. The van der Waals surface area contributed by atoms with E-state index in [9.17, 15) is 0 Å². The lowest BCUT2D eigenvalue weighted by molar-refractivity contribution is 0.750. The van der Waals surface area contributed by atoms with Crippen LogP contribution in [-0.4, -0.2) is 29.3 Å². The maximum absolute atomic E-state index is 5.78. The first-order valence-corrected chi connectivity index (χ1v) is 4.63. The fourth-order valence-electron chi connectivity index (χ4n) is 1.47. The van der Waals surface area contributed by atoms with Gasteiger partial charge in [0.25, 0.3) is 0 Å². The Labute approximate surface area is 81.7 Å². The Morgan fingerprint density at radius 2 is 2.31 bits per heavy atom. The summed E-state index contributed by atoms with van der Waals surface area (Å²) < 4.78 is 0. The van der Waals surface area contributed by atoms with Crippen molar-refractivity contribution < 1.29 is 0 Å². The lowest BCUT2D eigenvalue weighted by Gasteiger charge is -2.15. The first-order valence-electron chi connectivity index (χ1n) is 4.25. The third kappa shape index (κ3) is 1.89. The molecule has 1 unspecified atom stereocenters. The molecule has 0 aliphatic carbocycles. The van der Waals surface area contributed by atoms with Crippen LogP contribution in [0.4, 0.5) is 5.82 Å². The van der Waals surface area contributed by atoms with Gasteiger partial charge in [-0.3, -0.25) is 0 Å². The summed E-state index contributed by atoms with van der Waals surface area (Å²) >= 11 is 5.63. The summed E-state index contributed by atoms with van der Waals surface area (Å²) in [7, 11) is 0. The Morgan fingerprint density at radius 1 is 1.46 bits per heavy atom. The fourth-order valence-corrected chi connectivity index (χ4v) is 1.57. The molecule has 0 spiro atoms. The van der Waals surface area contributed by atoms with Crippen LogP contribution in [0.3, 0.4) is 0 Å². The molecule has 2 N–H and O–H groups in total. The van der Waals surface area contributed by atoms with E-state index < -0.39 is 0 Å². The van der Waals surface area contributed by atoms with Crippen LogP contribution < -0.4 is 10.6 Å². The maximum atomic E-state index is 5.78. The van der Waals surface area contributed by atoms with E-state index >= 15 is 0 Å². The molecule has 2 rings (SSSR count). The van der Waals surface area contributed by atoms with Gasteiger partial charge in [0.2, 0.25) is 0 Å². The van der Waals surface area contributed by atoms with Crippen molar-refractivity contribution in [2.75, 3.05) is 18.0 Å². The van der Waals surface area contributed by atoms with E-state index in [-0.39, 0.29) is 6.04 Å². The molecule has 1 aliphatic rings. The van der Waals surface area contributed by atoms with Crippen LogP contribution in [0, 0.1) is 0 Å². The molecule has 2 heterocycles. The first kappa shape index (κ1) is 8.72. The summed E-state index contributed by atoms with van der Waals surface area (Å²) in [5.41, 5.74) is 5.78. The van der Waals surface area contributed by atoms with Crippen molar-refractivity contribution in [2.45, 2.75) is 12.5 Å². The number of hydrogen-bond donors (Lipinski definition) is 1. The average molecular weight is 199 g/mol. The molecule has 1 aromatic rings. The maximum Gasteiger partial charge on any atom is 0.151 e. The Hall–Kier alpha value is -0.870. The van der Waals surface area contributed by atoms with Gasteiger partial charge in [-0.05, 0) is 18.6 Å². The molecular weight excluding hydrogens is 188 g/mol.